The lowest BCUT2D eigenvalue weighted by Crippen LogP contribution is -2.17. The molecule has 1 N–H and O–H groups in total. The predicted octanol–water partition coefficient (Wildman–Crippen LogP) is 4.29. The summed E-state index contributed by atoms with van der Waals surface area (Å²) in [6, 6.07) is 14.8. The van der Waals surface area contributed by atoms with Gasteiger partial charge in [-0.1, -0.05) is 53.8 Å². The van der Waals surface area contributed by atoms with Crippen molar-refractivity contribution >= 4 is 51.9 Å². The van der Waals surface area contributed by atoms with Gasteiger partial charge in [-0.25, -0.2) is 0 Å². The van der Waals surface area contributed by atoms with E-state index in [1.54, 1.807) is 24.3 Å². The third-order valence-corrected chi connectivity index (χ3v) is 4.65. The lowest BCUT2D eigenvalue weighted by molar-refractivity contribution is -0.115. The summed E-state index contributed by atoms with van der Waals surface area (Å²) >= 11 is 12.3. The Labute approximate surface area is 160 Å². The molecule has 1 heterocycles. The first-order chi connectivity index (χ1) is 12.1. The van der Waals surface area contributed by atoms with Gasteiger partial charge in [0.05, 0.1) is 4.91 Å². The zero-order valence-corrected chi connectivity index (χ0v) is 15.4. The van der Waals surface area contributed by atoms with Crippen LogP contribution in [0, 0.1) is 0 Å². The number of benzene rings is 2. The van der Waals surface area contributed by atoms with E-state index in [0.29, 0.717) is 33.2 Å². The Morgan fingerprint density at radius 2 is 1.88 bits per heavy atom. The highest BCUT2D eigenvalue weighted by Crippen LogP contribution is 2.31. The molecule has 128 valence electrons. The zero-order valence-electron chi connectivity index (χ0n) is 13.0. The molecule has 1 amide bonds. The number of hydrogen-bond acceptors (Lipinski definition) is 5. The number of ether oxygens (including phenoxy) is 2. The van der Waals surface area contributed by atoms with Crippen LogP contribution in [0.2, 0.25) is 5.02 Å². The molecular formula is C18H14ClNO3S2. The summed E-state index contributed by atoms with van der Waals surface area (Å²) in [6.45, 7) is 0.770. The van der Waals surface area contributed by atoms with E-state index in [4.69, 9.17) is 33.3 Å². The Balaban J connectivity index is 1.66. The van der Waals surface area contributed by atoms with E-state index in [1.165, 1.54) is 11.8 Å². The van der Waals surface area contributed by atoms with Gasteiger partial charge in [0, 0.05) is 10.6 Å². The van der Waals surface area contributed by atoms with Crippen molar-refractivity contribution in [3.8, 4) is 11.5 Å². The van der Waals surface area contributed by atoms with Crippen molar-refractivity contribution in [2.24, 2.45) is 0 Å². The monoisotopic (exact) mass is 391 g/mol. The lowest BCUT2D eigenvalue weighted by atomic mass is 10.2. The molecule has 0 atom stereocenters. The molecule has 7 heteroatoms. The molecular weight excluding hydrogens is 378 g/mol. The molecule has 0 spiro atoms. The number of nitrogens with one attached hydrogen (secondary N) is 1. The van der Waals surface area contributed by atoms with Crippen LogP contribution in [0.15, 0.2) is 53.4 Å². The number of thiocarbonyl (C=S) groups is 1. The van der Waals surface area contributed by atoms with E-state index in [-0.39, 0.29) is 5.91 Å². The van der Waals surface area contributed by atoms with E-state index in [0.717, 1.165) is 11.3 Å². The minimum atomic E-state index is -0.215. The molecule has 25 heavy (non-hydrogen) atoms. The highest BCUT2D eigenvalue weighted by Gasteiger charge is 2.22. The van der Waals surface area contributed by atoms with Crippen molar-refractivity contribution in [3.05, 3.63) is 64.0 Å². The van der Waals surface area contributed by atoms with E-state index in [2.05, 4.69) is 5.32 Å². The lowest BCUT2D eigenvalue weighted by Gasteiger charge is -2.11. The molecule has 0 unspecified atom stereocenters. The van der Waals surface area contributed by atoms with Crippen LogP contribution in [0.5, 0.6) is 11.5 Å². The van der Waals surface area contributed by atoms with Gasteiger partial charge in [-0.2, -0.15) is 0 Å². The summed E-state index contributed by atoms with van der Waals surface area (Å²) in [5, 5.41) is 3.15. The Morgan fingerprint density at radius 3 is 2.60 bits per heavy atom. The predicted molar refractivity (Wildman–Crippen MR) is 105 cm³/mol. The number of para-hydroxylation sites is 1. The average molecular weight is 392 g/mol. The van der Waals surface area contributed by atoms with Crippen LogP contribution in [-0.2, 0) is 4.79 Å². The van der Waals surface area contributed by atoms with Gasteiger partial charge in [0.15, 0.2) is 0 Å². The number of halogens is 1. The third kappa shape index (κ3) is 4.98. The van der Waals surface area contributed by atoms with Gasteiger partial charge in [0.2, 0.25) is 0 Å². The third-order valence-electron chi connectivity index (χ3n) is 3.25. The molecule has 0 aliphatic carbocycles. The number of carbonyl (C=O) groups excluding carboxylic acids is 1. The van der Waals surface area contributed by atoms with Crippen molar-refractivity contribution in [1.29, 1.82) is 0 Å². The number of amides is 1. The summed E-state index contributed by atoms with van der Waals surface area (Å²) in [7, 11) is 0. The first-order valence-electron chi connectivity index (χ1n) is 7.47. The molecule has 1 aliphatic heterocycles. The Hall–Kier alpha value is -2.02. The number of rotatable bonds is 6. The largest absolute Gasteiger partial charge is 0.490 e. The van der Waals surface area contributed by atoms with Gasteiger partial charge in [-0.3, -0.25) is 4.79 Å². The molecule has 4 nitrogen and oxygen atoms in total. The number of hydrogen-bond donors (Lipinski definition) is 1. The highest BCUT2D eigenvalue weighted by atomic mass is 35.5. The first kappa shape index (κ1) is 17.8. The van der Waals surface area contributed by atoms with E-state index in [9.17, 15) is 4.79 Å². The average Bonchev–Trinajstić information content (AvgIpc) is 2.91. The summed E-state index contributed by atoms with van der Waals surface area (Å²) in [5.41, 5.74) is 0.717. The normalized spacial score (nSPS) is 15.3. The molecule has 3 rings (SSSR count). The summed E-state index contributed by atoms with van der Waals surface area (Å²) in [4.78, 5) is 12.3. The fraction of sp³-hybridized carbons (Fsp3) is 0.111. The van der Waals surface area contributed by atoms with Gasteiger partial charge in [0.1, 0.15) is 29.0 Å². The molecule has 1 fully saturated rings. The first-order valence-corrected chi connectivity index (χ1v) is 9.07. The molecule has 0 aromatic heterocycles. The van der Waals surface area contributed by atoms with Crippen molar-refractivity contribution < 1.29 is 14.3 Å². The van der Waals surface area contributed by atoms with Crippen LogP contribution in [0.4, 0.5) is 0 Å². The molecule has 0 radical (unpaired) electrons. The second-order valence-electron chi connectivity index (χ2n) is 5.04. The Morgan fingerprint density at radius 1 is 1.12 bits per heavy atom. The Kier molecular flexibility index (Phi) is 5.96. The van der Waals surface area contributed by atoms with Crippen LogP contribution < -0.4 is 14.8 Å². The number of carbonyl (C=O) groups is 1. The molecule has 2 aromatic rings. The van der Waals surface area contributed by atoms with Crippen LogP contribution in [0.3, 0.4) is 0 Å². The van der Waals surface area contributed by atoms with Crippen LogP contribution in [0.25, 0.3) is 6.08 Å². The smallest absolute Gasteiger partial charge is 0.263 e. The fourth-order valence-corrected chi connectivity index (χ4v) is 3.37. The van der Waals surface area contributed by atoms with Crippen molar-refractivity contribution in [3.63, 3.8) is 0 Å². The van der Waals surface area contributed by atoms with E-state index in [1.807, 2.05) is 30.3 Å². The number of thioether (sulfide) groups is 1. The topological polar surface area (TPSA) is 47.6 Å². The summed E-state index contributed by atoms with van der Waals surface area (Å²) < 4.78 is 11.8. The molecule has 0 bridgehead atoms. The zero-order chi connectivity index (χ0) is 17.6. The maximum absolute atomic E-state index is 11.8. The fourth-order valence-electron chi connectivity index (χ4n) is 2.15. The van der Waals surface area contributed by atoms with Gasteiger partial charge >= 0.3 is 0 Å². The Bertz CT molecular complexity index is 824. The van der Waals surface area contributed by atoms with E-state index < -0.39 is 0 Å². The van der Waals surface area contributed by atoms with Gasteiger partial charge in [0.25, 0.3) is 5.91 Å². The SMILES string of the molecule is O=C1NC(=S)S/C1=C/c1cc(Cl)ccc1OCCOc1ccccc1. The van der Waals surface area contributed by atoms with Gasteiger partial charge in [-0.15, -0.1) is 0 Å². The maximum Gasteiger partial charge on any atom is 0.263 e. The second-order valence-corrected chi connectivity index (χ2v) is 7.20. The standard InChI is InChI=1S/C18H14ClNO3S2/c19-13-6-7-15(23-9-8-22-14-4-2-1-3-5-14)12(10-13)11-16-17(21)20-18(24)25-16/h1-7,10-11H,8-9H2,(H,20,21,24)/b16-11+. The van der Waals surface area contributed by atoms with Crippen molar-refractivity contribution in [2.45, 2.75) is 0 Å². The van der Waals surface area contributed by atoms with Crippen LogP contribution in [0.1, 0.15) is 5.56 Å². The minimum Gasteiger partial charge on any atom is -0.490 e. The molecule has 1 saturated heterocycles. The van der Waals surface area contributed by atoms with Crippen LogP contribution >= 0.6 is 35.6 Å². The summed E-state index contributed by atoms with van der Waals surface area (Å²) in [5.74, 6) is 1.20. The molecule has 1 aliphatic rings. The van der Waals surface area contributed by atoms with Crippen molar-refractivity contribution in [2.75, 3.05) is 13.2 Å². The molecule has 0 saturated carbocycles. The second kappa shape index (κ2) is 8.38. The highest BCUT2D eigenvalue weighted by molar-refractivity contribution is 8.26. The maximum atomic E-state index is 11.8. The minimum absolute atomic E-state index is 0.215. The summed E-state index contributed by atoms with van der Waals surface area (Å²) in [6.07, 6.45) is 1.72. The van der Waals surface area contributed by atoms with E-state index >= 15 is 0 Å². The van der Waals surface area contributed by atoms with Crippen molar-refractivity contribution in [1.82, 2.24) is 5.32 Å². The molecule has 2 aromatic carbocycles. The van der Waals surface area contributed by atoms with Gasteiger partial charge < -0.3 is 14.8 Å². The van der Waals surface area contributed by atoms with Crippen LogP contribution in [-0.4, -0.2) is 23.4 Å². The van der Waals surface area contributed by atoms with Gasteiger partial charge in [-0.05, 0) is 36.4 Å². The quantitative estimate of drug-likeness (QED) is 0.452.